The summed E-state index contributed by atoms with van der Waals surface area (Å²) in [4.78, 5) is 2.21. The van der Waals surface area contributed by atoms with Gasteiger partial charge in [0, 0.05) is 13.1 Å². The lowest BCUT2D eigenvalue weighted by atomic mass is 9.88. The second-order valence-corrected chi connectivity index (χ2v) is 4.99. The third kappa shape index (κ3) is 3.40. The molecule has 0 amide bonds. The Morgan fingerprint density at radius 1 is 1.39 bits per heavy atom. The third-order valence-electron chi connectivity index (χ3n) is 3.60. The number of hydrogen-bond donors (Lipinski definition) is 1. The van der Waals surface area contributed by atoms with E-state index in [9.17, 15) is 9.50 Å². The van der Waals surface area contributed by atoms with Gasteiger partial charge in [-0.2, -0.15) is 0 Å². The van der Waals surface area contributed by atoms with Crippen molar-refractivity contribution >= 4 is 0 Å². The van der Waals surface area contributed by atoms with E-state index in [1.54, 1.807) is 12.1 Å². The Morgan fingerprint density at radius 2 is 2.11 bits per heavy atom. The van der Waals surface area contributed by atoms with Crippen LogP contribution in [0.25, 0.3) is 0 Å². The quantitative estimate of drug-likeness (QED) is 0.827. The second-order valence-electron chi connectivity index (χ2n) is 4.99. The Balaban J connectivity index is 1.91. The number of β-amino-alcohol motifs (C(OH)–C–C–N with tert-alkyl or cyclic N) is 1. The molecular weight excluding hydrogens is 229 g/mol. The molecule has 1 aromatic rings. The molecule has 2 nitrogen and oxygen atoms in total. The highest BCUT2D eigenvalue weighted by Gasteiger charge is 2.26. The van der Waals surface area contributed by atoms with Crippen molar-refractivity contribution in [2.75, 3.05) is 19.6 Å². The summed E-state index contributed by atoms with van der Waals surface area (Å²) in [6.45, 7) is 6.25. The smallest absolute Gasteiger partial charge is 0.123 e. The van der Waals surface area contributed by atoms with Gasteiger partial charge in [-0.25, -0.2) is 4.39 Å². The fourth-order valence-corrected chi connectivity index (χ4v) is 2.56. The van der Waals surface area contributed by atoms with Gasteiger partial charge in [0.25, 0.3) is 0 Å². The van der Waals surface area contributed by atoms with Gasteiger partial charge in [-0.05, 0) is 43.0 Å². The lowest BCUT2D eigenvalue weighted by Gasteiger charge is -2.35. The van der Waals surface area contributed by atoms with Crippen LogP contribution in [0.5, 0.6) is 0 Å². The van der Waals surface area contributed by atoms with Gasteiger partial charge in [0.15, 0.2) is 0 Å². The van der Waals surface area contributed by atoms with E-state index in [4.69, 9.17) is 0 Å². The normalized spacial score (nSPS) is 25.0. The molecule has 0 saturated carbocycles. The molecule has 1 aliphatic heterocycles. The largest absolute Gasteiger partial charge is 0.391 e. The van der Waals surface area contributed by atoms with Gasteiger partial charge in [-0.15, -0.1) is 6.58 Å². The molecular formula is C15H20FNO. The minimum atomic E-state index is -0.302. The number of halogens is 1. The average molecular weight is 249 g/mol. The summed E-state index contributed by atoms with van der Waals surface area (Å²) in [5.41, 5.74) is 1.10. The maximum absolute atomic E-state index is 12.8. The van der Waals surface area contributed by atoms with Crippen molar-refractivity contribution in [3.63, 3.8) is 0 Å². The van der Waals surface area contributed by atoms with Crippen molar-refractivity contribution in [1.29, 1.82) is 0 Å². The molecule has 0 spiro atoms. The van der Waals surface area contributed by atoms with E-state index in [0.29, 0.717) is 6.54 Å². The number of aliphatic hydroxyl groups is 1. The maximum atomic E-state index is 12.8. The average Bonchev–Trinajstić information content (AvgIpc) is 2.36. The predicted molar refractivity (Wildman–Crippen MR) is 70.9 cm³/mol. The van der Waals surface area contributed by atoms with Crippen LogP contribution in [-0.4, -0.2) is 35.7 Å². The molecule has 2 rings (SSSR count). The highest BCUT2D eigenvalue weighted by atomic mass is 19.1. The zero-order chi connectivity index (χ0) is 13.0. The van der Waals surface area contributed by atoms with E-state index in [0.717, 1.165) is 31.5 Å². The Morgan fingerprint density at radius 3 is 2.72 bits per heavy atom. The van der Waals surface area contributed by atoms with Crippen molar-refractivity contribution in [3.05, 3.63) is 48.3 Å². The number of piperidine rings is 1. The first-order valence-electron chi connectivity index (χ1n) is 6.45. The van der Waals surface area contributed by atoms with Crippen molar-refractivity contribution in [3.8, 4) is 0 Å². The molecule has 1 aromatic carbocycles. The van der Waals surface area contributed by atoms with Crippen LogP contribution in [0.1, 0.15) is 12.0 Å². The van der Waals surface area contributed by atoms with Crippen molar-refractivity contribution in [1.82, 2.24) is 4.90 Å². The third-order valence-corrected chi connectivity index (χ3v) is 3.60. The number of rotatable bonds is 4. The van der Waals surface area contributed by atoms with Crippen LogP contribution in [0.4, 0.5) is 4.39 Å². The lowest BCUT2D eigenvalue weighted by Crippen LogP contribution is -2.44. The van der Waals surface area contributed by atoms with Crippen LogP contribution >= 0.6 is 0 Å². The molecule has 98 valence electrons. The summed E-state index contributed by atoms with van der Waals surface area (Å²) in [7, 11) is 0. The topological polar surface area (TPSA) is 23.5 Å². The van der Waals surface area contributed by atoms with E-state index >= 15 is 0 Å². The number of likely N-dealkylation sites (tertiary alicyclic amines) is 1. The first-order valence-corrected chi connectivity index (χ1v) is 6.45. The zero-order valence-corrected chi connectivity index (χ0v) is 10.6. The Labute approximate surface area is 108 Å². The zero-order valence-electron chi connectivity index (χ0n) is 10.6. The summed E-state index contributed by atoms with van der Waals surface area (Å²) >= 11 is 0. The highest BCUT2D eigenvalue weighted by molar-refractivity contribution is 5.17. The fourth-order valence-electron chi connectivity index (χ4n) is 2.56. The van der Waals surface area contributed by atoms with Crippen LogP contribution in [0.2, 0.25) is 0 Å². The molecule has 0 bridgehead atoms. The number of hydrogen-bond acceptors (Lipinski definition) is 2. The molecule has 1 aliphatic rings. The minimum Gasteiger partial charge on any atom is -0.391 e. The molecule has 1 N–H and O–H groups in total. The summed E-state index contributed by atoms with van der Waals surface area (Å²) in [6.07, 6.45) is 3.37. The van der Waals surface area contributed by atoms with Crippen molar-refractivity contribution < 1.29 is 9.50 Å². The van der Waals surface area contributed by atoms with Gasteiger partial charge in [0.1, 0.15) is 5.82 Å². The molecule has 0 aliphatic carbocycles. The molecule has 1 saturated heterocycles. The number of aliphatic hydroxyl groups excluding tert-OH is 1. The van der Waals surface area contributed by atoms with E-state index in [1.165, 1.54) is 12.1 Å². The van der Waals surface area contributed by atoms with Crippen LogP contribution in [0.3, 0.4) is 0 Å². The van der Waals surface area contributed by atoms with Gasteiger partial charge in [0.05, 0.1) is 6.10 Å². The van der Waals surface area contributed by atoms with E-state index < -0.39 is 0 Å². The monoisotopic (exact) mass is 249 g/mol. The summed E-state index contributed by atoms with van der Waals surface area (Å²) in [6, 6.07) is 6.57. The van der Waals surface area contributed by atoms with E-state index in [1.807, 2.05) is 6.08 Å². The highest BCUT2D eigenvalue weighted by Crippen LogP contribution is 2.22. The SMILES string of the molecule is C=CCN1CC[C@@H](Cc2ccc(F)cc2)[C@@H](O)C1. The first-order chi connectivity index (χ1) is 8.69. The van der Waals surface area contributed by atoms with Crippen LogP contribution < -0.4 is 0 Å². The molecule has 3 heteroatoms. The van der Waals surface area contributed by atoms with E-state index in [2.05, 4.69) is 11.5 Å². The van der Waals surface area contributed by atoms with Crippen LogP contribution in [0.15, 0.2) is 36.9 Å². The van der Waals surface area contributed by atoms with Crippen molar-refractivity contribution in [2.45, 2.75) is 18.9 Å². The maximum Gasteiger partial charge on any atom is 0.123 e. The van der Waals surface area contributed by atoms with Gasteiger partial charge >= 0.3 is 0 Å². The fraction of sp³-hybridized carbons (Fsp3) is 0.467. The Bertz CT molecular complexity index is 390. The summed E-state index contributed by atoms with van der Waals surface area (Å²) in [5.74, 6) is 0.0663. The molecule has 2 atom stereocenters. The molecule has 0 aromatic heterocycles. The molecule has 0 unspecified atom stereocenters. The minimum absolute atomic E-state index is 0.208. The lowest BCUT2D eigenvalue weighted by molar-refractivity contribution is 0.0267. The van der Waals surface area contributed by atoms with Gasteiger partial charge in [0.2, 0.25) is 0 Å². The molecule has 0 radical (unpaired) electrons. The van der Waals surface area contributed by atoms with Crippen LogP contribution in [-0.2, 0) is 6.42 Å². The Hall–Kier alpha value is -1.19. The Kier molecular flexibility index (Phi) is 4.50. The summed E-state index contributed by atoms with van der Waals surface area (Å²) < 4.78 is 12.8. The van der Waals surface area contributed by atoms with Gasteiger partial charge in [-0.1, -0.05) is 18.2 Å². The first kappa shape index (κ1) is 13.2. The second kappa shape index (κ2) is 6.12. The predicted octanol–water partition coefficient (Wildman–Crippen LogP) is 2.24. The van der Waals surface area contributed by atoms with E-state index in [-0.39, 0.29) is 17.8 Å². The molecule has 18 heavy (non-hydrogen) atoms. The number of nitrogens with zero attached hydrogens (tertiary/aromatic N) is 1. The molecule has 1 fully saturated rings. The number of benzene rings is 1. The summed E-state index contributed by atoms with van der Waals surface area (Å²) in [5, 5.41) is 10.1. The molecule has 1 heterocycles. The van der Waals surface area contributed by atoms with Crippen molar-refractivity contribution in [2.24, 2.45) is 5.92 Å². The van der Waals surface area contributed by atoms with Gasteiger partial charge in [-0.3, -0.25) is 4.90 Å². The van der Waals surface area contributed by atoms with Crippen LogP contribution in [0, 0.1) is 11.7 Å². The standard InChI is InChI=1S/C15H20FNO/c1-2-8-17-9-7-13(15(18)11-17)10-12-3-5-14(16)6-4-12/h2-6,13,15,18H,1,7-11H2/t13-,15-/m0/s1. The van der Waals surface area contributed by atoms with Gasteiger partial charge < -0.3 is 5.11 Å².